The van der Waals surface area contributed by atoms with E-state index in [0.29, 0.717) is 19.5 Å². The molecule has 1 aliphatic carbocycles. The molecule has 3 N–H and O–H groups in total. The van der Waals surface area contributed by atoms with Crippen molar-refractivity contribution < 1.29 is 18.3 Å². The van der Waals surface area contributed by atoms with Gasteiger partial charge in [-0.2, -0.15) is 13.2 Å². The highest BCUT2D eigenvalue weighted by Gasteiger charge is 2.35. The van der Waals surface area contributed by atoms with Gasteiger partial charge in [0.15, 0.2) is 0 Å². The third-order valence-corrected chi connectivity index (χ3v) is 3.42. The van der Waals surface area contributed by atoms with Crippen molar-refractivity contribution in [3.63, 3.8) is 0 Å². The minimum Gasteiger partial charge on any atom is -0.393 e. The lowest BCUT2D eigenvalue weighted by molar-refractivity contribution is -0.144. The Morgan fingerprint density at radius 3 is 2.43 bits per heavy atom. The molecule has 0 radical (unpaired) electrons. The number of halogens is 3. The first-order valence-electron chi connectivity index (χ1n) is 7.00. The van der Waals surface area contributed by atoms with E-state index in [1.54, 1.807) is 6.92 Å². The smallest absolute Gasteiger partial charge is 0.393 e. The summed E-state index contributed by atoms with van der Waals surface area (Å²) in [5.41, 5.74) is 0. The maximum absolute atomic E-state index is 12.8. The van der Waals surface area contributed by atoms with Gasteiger partial charge >= 0.3 is 6.18 Å². The molecule has 0 spiro atoms. The molecule has 1 aliphatic rings. The van der Waals surface area contributed by atoms with Crippen LogP contribution in [0.2, 0.25) is 0 Å². The van der Waals surface area contributed by atoms with Crippen LogP contribution < -0.4 is 10.6 Å². The molecule has 0 amide bonds. The van der Waals surface area contributed by atoms with Crippen LogP contribution in [0.15, 0.2) is 6.07 Å². The molecular formula is C13H19F3N4O. The minimum atomic E-state index is -4.58. The second kappa shape index (κ2) is 6.46. The monoisotopic (exact) mass is 304 g/mol. The van der Waals surface area contributed by atoms with Crippen molar-refractivity contribution in [1.82, 2.24) is 9.97 Å². The van der Waals surface area contributed by atoms with Crippen molar-refractivity contribution in [2.24, 2.45) is 5.92 Å². The predicted octanol–water partition coefficient (Wildman–Crippen LogP) is 2.50. The third-order valence-electron chi connectivity index (χ3n) is 3.42. The average molecular weight is 304 g/mol. The van der Waals surface area contributed by atoms with E-state index in [1.165, 1.54) is 6.07 Å². The van der Waals surface area contributed by atoms with E-state index >= 15 is 0 Å². The van der Waals surface area contributed by atoms with Crippen molar-refractivity contribution in [3.8, 4) is 0 Å². The first kappa shape index (κ1) is 15.8. The molecule has 0 bridgehead atoms. The van der Waals surface area contributed by atoms with Gasteiger partial charge in [0, 0.05) is 19.2 Å². The number of nitrogens with one attached hydrogen (secondary N) is 2. The highest BCUT2D eigenvalue weighted by molar-refractivity contribution is 5.47. The number of hydrogen-bond acceptors (Lipinski definition) is 5. The number of rotatable bonds is 5. The Morgan fingerprint density at radius 2 is 1.90 bits per heavy atom. The molecule has 8 heteroatoms. The van der Waals surface area contributed by atoms with E-state index in [-0.39, 0.29) is 23.7 Å². The molecule has 2 rings (SSSR count). The lowest BCUT2D eigenvalue weighted by Gasteiger charge is -2.14. The first-order valence-corrected chi connectivity index (χ1v) is 7.00. The molecule has 5 nitrogen and oxygen atoms in total. The van der Waals surface area contributed by atoms with Crippen LogP contribution >= 0.6 is 0 Å². The maximum atomic E-state index is 12.8. The normalized spacial score (nSPS) is 22.3. The van der Waals surface area contributed by atoms with Crippen molar-refractivity contribution >= 4 is 11.6 Å². The van der Waals surface area contributed by atoms with Crippen molar-refractivity contribution in [1.29, 1.82) is 0 Å². The van der Waals surface area contributed by atoms with Gasteiger partial charge in [-0.1, -0.05) is 0 Å². The van der Waals surface area contributed by atoms with Gasteiger partial charge in [-0.3, -0.25) is 0 Å². The van der Waals surface area contributed by atoms with Gasteiger partial charge in [0.25, 0.3) is 0 Å². The van der Waals surface area contributed by atoms with Gasteiger partial charge < -0.3 is 15.7 Å². The Bertz CT molecular complexity index is 481. The van der Waals surface area contributed by atoms with Crippen LogP contribution in [0.4, 0.5) is 24.8 Å². The minimum absolute atomic E-state index is 0.147. The van der Waals surface area contributed by atoms with E-state index < -0.39 is 12.0 Å². The maximum Gasteiger partial charge on any atom is 0.451 e. The summed E-state index contributed by atoms with van der Waals surface area (Å²) >= 11 is 0. The molecule has 1 saturated carbocycles. The van der Waals surface area contributed by atoms with Gasteiger partial charge in [-0.15, -0.1) is 0 Å². The van der Waals surface area contributed by atoms with Gasteiger partial charge in [-0.05, 0) is 32.1 Å². The fourth-order valence-corrected chi connectivity index (χ4v) is 2.42. The molecule has 0 aliphatic heterocycles. The van der Waals surface area contributed by atoms with Crippen LogP contribution in [-0.2, 0) is 6.18 Å². The molecule has 1 aromatic heterocycles. The van der Waals surface area contributed by atoms with Gasteiger partial charge in [0.1, 0.15) is 11.6 Å². The molecular weight excluding hydrogens is 285 g/mol. The molecule has 1 heterocycles. The fourth-order valence-electron chi connectivity index (χ4n) is 2.42. The standard InChI is InChI=1S/C13H19F3N4O/c1-2-17-10-6-11(20-12(19-10)13(14,15)16)18-7-8-3-4-9(21)5-8/h6,8-9,21H,2-5,7H2,1H3,(H2,17,18,19,20). The average Bonchev–Trinajstić information content (AvgIpc) is 2.81. The van der Waals surface area contributed by atoms with Crippen LogP contribution in [0.5, 0.6) is 0 Å². The molecule has 1 fully saturated rings. The molecule has 0 saturated heterocycles. The Balaban J connectivity index is 2.08. The topological polar surface area (TPSA) is 70.1 Å². The van der Waals surface area contributed by atoms with Crippen LogP contribution in [0.3, 0.4) is 0 Å². The Kier molecular flexibility index (Phi) is 4.87. The lowest BCUT2D eigenvalue weighted by Crippen LogP contribution is -2.18. The number of alkyl halides is 3. The summed E-state index contributed by atoms with van der Waals surface area (Å²) in [5.74, 6) is -0.606. The Morgan fingerprint density at radius 1 is 1.24 bits per heavy atom. The molecule has 0 aromatic carbocycles. The summed E-state index contributed by atoms with van der Waals surface area (Å²) in [6, 6.07) is 1.46. The largest absolute Gasteiger partial charge is 0.451 e. The Labute approximate surface area is 121 Å². The van der Waals surface area contributed by atoms with E-state index in [2.05, 4.69) is 20.6 Å². The van der Waals surface area contributed by atoms with Gasteiger partial charge in [0.2, 0.25) is 5.82 Å². The zero-order chi connectivity index (χ0) is 15.5. The van der Waals surface area contributed by atoms with E-state index in [0.717, 1.165) is 12.8 Å². The van der Waals surface area contributed by atoms with Crippen LogP contribution in [0.25, 0.3) is 0 Å². The number of hydrogen-bond donors (Lipinski definition) is 3. The van der Waals surface area contributed by atoms with Crippen LogP contribution in [0, 0.1) is 5.92 Å². The first-order chi connectivity index (χ1) is 9.88. The van der Waals surface area contributed by atoms with Gasteiger partial charge in [-0.25, -0.2) is 9.97 Å². The summed E-state index contributed by atoms with van der Waals surface area (Å²) in [6.45, 7) is 2.75. The summed E-state index contributed by atoms with van der Waals surface area (Å²) < 4.78 is 38.3. The fraction of sp³-hybridized carbons (Fsp3) is 0.692. The zero-order valence-corrected chi connectivity index (χ0v) is 11.7. The zero-order valence-electron chi connectivity index (χ0n) is 11.7. The predicted molar refractivity (Wildman–Crippen MR) is 73.0 cm³/mol. The van der Waals surface area contributed by atoms with Crippen LogP contribution in [0.1, 0.15) is 32.0 Å². The molecule has 118 valence electrons. The quantitative estimate of drug-likeness (QED) is 0.780. The molecule has 2 atom stereocenters. The van der Waals surface area contributed by atoms with E-state index in [1.807, 2.05) is 0 Å². The Hall–Kier alpha value is -1.57. The number of aromatic nitrogens is 2. The SMILES string of the molecule is CCNc1cc(NCC2CCC(O)C2)nc(C(F)(F)F)n1. The summed E-state index contributed by atoms with van der Waals surface area (Å²) in [4.78, 5) is 6.98. The van der Waals surface area contributed by atoms with Crippen molar-refractivity contribution in [2.75, 3.05) is 23.7 Å². The van der Waals surface area contributed by atoms with E-state index in [4.69, 9.17) is 0 Å². The third kappa shape index (κ3) is 4.45. The van der Waals surface area contributed by atoms with Crippen molar-refractivity contribution in [2.45, 2.75) is 38.5 Å². The number of anilines is 2. The number of nitrogens with zero attached hydrogens (tertiary/aromatic N) is 2. The molecule has 2 unspecified atom stereocenters. The highest BCUT2D eigenvalue weighted by atomic mass is 19.4. The summed E-state index contributed by atoms with van der Waals surface area (Å²) in [5, 5.41) is 15.1. The second-order valence-corrected chi connectivity index (χ2v) is 5.20. The number of aliphatic hydroxyl groups is 1. The second-order valence-electron chi connectivity index (χ2n) is 5.20. The molecule has 1 aromatic rings. The molecule has 21 heavy (non-hydrogen) atoms. The summed E-state index contributed by atoms with van der Waals surface area (Å²) in [7, 11) is 0. The summed E-state index contributed by atoms with van der Waals surface area (Å²) in [6.07, 6.45) is -2.60. The van der Waals surface area contributed by atoms with Gasteiger partial charge in [0.05, 0.1) is 6.10 Å². The number of aliphatic hydroxyl groups excluding tert-OH is 1. The highest BCUT2D eigenvalue weighted by Crippen LogP contribution is 2.29. The lowest BCUT2D eigenvalue weighted by atomic mass is 10.1. The van der Waals surface area contributed by atoms with Crippen LogP contribution in [-0.4, -0.2) is 34.3 Å². The van der Waals surface area contributed by atoms with Crippen molar-refractivity contribution in [3.05, 3.63) is 11.9 Å². The van der Waals surface area contributed by atoms with E-state index in [9.17, 15) is 18.3 Å².